The van der Waals surface area contributed by atoms with Crippen molar-refractivity contribution in [2.45, 2.75) is 82.5 Å². The first-order chi connectivity index (χ1) is 12.2. The highest BCUT2D eigenvalue weighted by Gasteiger charge is 2.32. The molecule has 1 N–H and O–H groups in total. The predicted molar refractivity (Wildman–Crippen MR) is 109 cm³/mol. The number of fused-ring (bicyclic) bond motifs is 1. The maximum Gasteiger partial charge on any atom is 0.302 e. The third-order valence-electron chi connectivity index (χ3n) is 4.38. The molecular weight excluding hydrogens is 346 g/mol. The lowest BCUT2D eigenvalue weighted by Gasteiger charge is -2.32. The van der Waals surface area contributed by atoms with Gasteiger partial charge >= 0.3 is 5.97 Å². The highest BCUT2D eigenvalue weighted by Crippen LogP contribution is 2.46. The monoisotopic (exact) mass is 377 g/mol. The fourth-order valence-electron chi connectivity index (χ4n) is 3.27. The number of thioether (sulfide) groups is 1. The smallest absolute Gasteiger partial charge is 0.302 e. The van der Waals surface area contributed by atoms with Gasteiger partial charge in [-0.2, -0.15) is 0 Å². The van der Waals surface area contributed by atoms with Crippen molar-refractivity contribution in [1.82, 2.24) is 0 Å². The van der Waals surface area contributed by atoms with Gasteiger partial charge in [0.05, 0.1) is 12.1 Å². The Morgan fingerprint density at radius 1 is 1.38 bits per heavy atom. The number of rotatable bonds is 7. The molecule has 144 valence electrons. The molecule has 26 heavy (non-hydrogen) atoms. The number of ether oxygens (including phenoxy) is 1. The molecule has 1 aliphatic rings. The van der Waals surface area contributed by atoms with Gasteiger partial charge in [-0.05, 0) is 51.3 Å². The molecule has 1 heterocycles. The molecule has 1 aromatic carbocycles. The van der Waals surface area contributed by atoms with Crippen LogP contribution in [0.1, 0.15) is 71.4 Å². The molecule has 0 spiro atoms. The lowest BCUT2D eigenvalue weighted by Crippen LogP contribution is -2.27. The minimum Gasteiger partial charge on any atom is -0.507 e. The van der Waals surface area contributed by atoms with Gasteiger partial charge in [0, 0.05) is 28.7 Å². The van der Waals surface area contributed by atoms with Crippen LogP contribution in [-0.2, 0) is 16.0 Å². The number of aliphatic imine (C=N–C) groups is 1. The predicted octanol–water partition coefficient (Wildman–Crippen LogP) is 5.14. The number of phenolic OH excluding ortho intramolecular Hbond substituents is 1. The number of carbonyl (C=O) groups excluding carboxylic acids is 1. The molecule has 0 aromatic heterocycles. The van der Waals surface area contributed by atoms with E-state index in [1.165, 1.54) is 25.3 Å². The molecule has 0 bridgehead atoms. The highest BCUT2D eigenvalue weighted by atomic mass is 32.2. The van der Waals surface area contributed by atoms with Crippen LogP contribution in [-0.4, -0.2) is 34.2 Å². The zero-order valence-corrected chi connectivity index (χ0v) is 17.4. The summed E-state index contributed by atoms with van der Waals surface area (Å²) in [4.78, 5) is 16.9. The normalized spacial score (nSPS) is 18.4. The maximum atomic E-state index is 11.1. The zero-order valence-electron chi connectivity index (χ0n) is 16.6. The van der Waals surface area contributed by atoms with Gasteiger partial charge in [-0.25, -0.2) is 0 Å². The summed E-state index contributed by atoms with van der Waals surface area (Å²) in [5, 5.41) is 10.7. The number of aryl methyl sites for hydroxylation is 1. The largest absolute Gasteiger partial charge is 0.507 e. The van der Waals surface area contributed by atoms with Crippen LogP contribution in [0.2, 0.25) is 0 Å². The first kappa shape index (κ1) is 20.8. The fraction of sp³-hybridized carbons (Fsp3) is 0.619. The summed E-state index contributed by atoms with van der Waals surface area (Å²) in [5.74, 6) is 0.0214. The van der Waals surface area contributed by atoms with Crippen molar-refractivity contribution in [3.63, 3.8) is 0 Å². The van der Waals surface area contributed by atoms with E-state index in [-0.39, 0.29) is 16.8 Å². The third-order valence-corrected chi connectivity index (χ3v) is 5.62. The van der Waals surface area contributed by atoms with Gasteiger partial charge in [0.25, 0.3) is 0 Å². The van der Waals surface area contributed by atoms with Crippen molar-refractivity contribution in [2.24, 2.45) is 4.99 Å². The molecule has 1 aromatic rings. The summed E-state index contributed by atoms with van der Waals surface area (Å²) in [7, 11) is 0. The van der Waals surface area contributed by atoms with Crippen LogP contribution in [0.25, 0.3) is 0 Å². The van der Waals surface area contributed by atoms with Crippen molar-refractivity contribution < 1.29 is 14.6 Å². The number of unbranched alkanes of at least 4 members (excludes halogenated alkanes) is 2. The van der Waals surface area contributed by atoms with E-state index in [9.17, 15) is 9.90 Å². The molecule has 0 saturated heterocycles. The molecule has 0 radical (unpaired) electrons. The van der Waals surface area contributed by atoms with E-state index >= 15 is 0 Å². The SMILES string of the molecule is CCCCCc1cc(O)c2c(c1)SC(C)(C)CC2=NCC(C)OC(C)=O. The molecule has 1 atom stereocenters. The van der Waals surface area contributed by atoms with Crippen LogP contribution in [0.15, 0.2) is 22.0 Å². The van der Waals surface area contributed by atoms with Crippen LogP contribution < -0.4 is 0 Å². The topological polar surface area (TPSA) is 58.9 Å². The molecule has 1 aliphatic heterocycles. The minimum absolute atomic E-state index is 0.0188. The summed E-state index contributed by atoms with van der Waals surface area (Å²) in [6.07, 6.45) is 5.04. The summed E-state index contributed by atoms with van der Waals surface area (Å²) in [6, 6.07) is 4.10. The van der Waals surface area contributed by atoms with E-state index in [1.807, 2.05) is 13.0 Å². The van der Waals surface area contributed by atoms with Gasteiger partial charge < -0.3 is 9.84 Å². The Balaban J connectivity index is 2.29. The third kappa shape index (κ3) is 5.76. The fourth-order valence-corrected chi connectivity index (χ4v) is 4.61. The van der Waals surface area contributed by atoms with Gasteiger partial charge in [0.2, 0.25) is 0 Å². The number of benzene rings is 1. The molecule has 4 nitrogen and oxygen atoms in total. The quantitative estimate of drug-likeness (QED) is 0.528. The van der Waals surface area contributed by atoms with Crippen LogP contribution in [0, 0.1) is 0 Å². The van der Waals surface area contributed by atoms with Crippen molar-refractivity contribution >= 4 is 23.4 Å². The summed E-state index contributed by atoms with van der Waals surface area (Å²) < 4.78 is 5.19. The minimum atomic E-state index is -0.294. The summed E-state index contributed by atoms with van der Waals surface area (Å²) >= 11 is 1.80. The van der Waals surface area contributed by atoms with E-state index in [4.69, 9.17) is 9.73 Å². The lowest BCUT2D eigenvalue weighted by molar-refractivity contribution is -0.144. The number of hydrogen-bond donors (Lipinski definition) is 1. The van der Waals surface area contributed by atoms with E-state index < -0.39 is 0 Å². The summed E-state index contributed by atoms with van der Waals surface area (Å²) in [5.41, 5.74) is 2.94. The van der Waals surface area contributed by atoms with Gasteiger partial charge in [-0.15, -0.1) is 11.8 Å². The van der Waals surface area contributed by atoms with E-state index in [0.717, 1.165) is 35.4 Å². The van der Waals surface area contributed by atoms with Crippen LogP contribution in [0.3, 0.4) is 0 Å². The average Bonchev–Trinajstić information content (AvgIpc) is 2.50. The molecule has 1 unspecified atom stereocenters. The molecule has 0 amide bonds. The molecule has 0 saturated carbocycles. The number of nitrogens with zero attached hydrogens (tertiary/aromatic N) is 1. The number of hydrogen-bond acceptors (Lipinski definition) is 5. The number of aromatic hydroxyl groups is 1. The van der Waals surface area contributed by atoms with E-state index in [2.05, 4.69) is 26.8 Å². The Kier molecular flexibility index (Phi) is 7.16. The molecule has 2 rings (SSSR count). The zero-order chi connectivity index (χ0) is 19.3. The number of esters is 1. The van der Waals surface area contributed by atoms with Gasteiger partial charge in [0.1, 0.15) is 11.9 Å². The van der Waals surface area contributed by atoms with Crippen LogP contribution in [0.4, 0.5) is 0 Å². The van der Waals surface area contributed by atoms with Crippen LogP contribution >= 0.6 is 11.8 Å². The first-order valence-corrected chi connectivity index (χ1v) is 10.3. The van der Waals surface area contributed by atoms with Crippen molar-refractivity contribution in [2.75, 3.05) is 6.54 Å². The van der Waals surface area contributed by atoms with Gasteiger partial charge in [0.15, 0.2) is 0 Å². The molecule has 0 fully saturated rings. The second-order valence-corrected chi connectivity index (χ2v) is 9.44. The van der Waals surface area contributed by atoms with E-state index in [1.54, 1.807) is 11.8 Å². The van der Waals surface area contributed by atoms with Crippen molar-refractivity contribution in [3.05, 3.63) is 23.3 Å². The Morgan fingerprint density at radius 2 is 2.12 bits per heavy atom. The average molecular weight is 378 g/mol. The Morgan fingerprint density at radius 3 is 2.77 bits per heavy atom. The maximum absolute atomic E-state index is 11.1. The molecular formula is C21H31NO3S. The second kappa shape index (κ2) is 8.94. The van der Waals surface area contributed by atoms with E-state index in [0.29, 0.717) is 12.3 Å². The standard InChI is InChI=1S/C21H31NO3S/c1-6-7-8-9-16-10-18(24)20-17(22-13-14(2)25-15(3)23)12-21(4,5)26-19(20)11-16/h10-11,14,24H,6-9,12-13H2,1-5H3. The van der Waals surface area contributed by atoms with Gasteiger partial charge in [-0.1, -0.05) is 19.8 Å². The number of carbonyl (C=O) groups is 1. The van der Waals surface area contributed by atoms with Gasteiger partial charge in [-0.3, -0.25) is 9.79 Å². The first-order valence-electron chi connectivity index (χ1n) is 9.47. The Labute approximate surface area is 161 Å². The summed E-state index contributed by atoms with van der Waals surface area (Å²) in [6.45, 7) is 10.3. The Hall–Kier alpha value is -1.49. The highest BCUT2D eigenvalue weighted by molar-refractivity contribution is 8.00. The molecule has 5 heteroatoms. The molecule has 0 aliphatic carbocycles. The number of phenols is 1. The lowest BCUT2D eigenvalue weighted by atomic mass is 9.95. The second-order valence-electron chi connectivity index (χ2n) is 7.69. The Bertz CT molecular complexity index is 682. The van der Waals surface area contributed by atoms with Crippen molar-refractivity contribution in [3.8, 4) is 5.75 Å². The van der Waals surface area contributed by atoms with Crippen molar-refractivity contribution in [1.29, 1.82) is 0 Å². The van der Waals surface area contributed by atoms with Crippen LogP contribution in [0.5, 0.6) is 5.75 Å².